The van der Waals surface area contributed by atoms with Crippen molar-refractivity contribution in [1.82, 2.24) is 10.6 Å². The number of rotatable bonds is 3. The quantitative estimate of drug-likeness (QED) is 0.901. The number of amides is 2. The van der Waals surface area contributed by atoms with Crippen molar-refractivity contribution in [3.63, 3.8) is 0 Å². The Bertz CT molecular complexity index is 628. The zero-order valence-corrected chi connectivity index (χ0v) is 11.5. The number of fused-ring (bicyclic) bond motifs is 1. The molecule has 1 aliphatic carbocycles. The van der Waals surface area contributed by atoms with E-state index in [1.165, 1.54) is 12.1 Å². The van der Waals surface area contributed by atoms with Crippen molar-refractivity contribution in [2.24, 2.45) is 5.92 Å². The van der Waals surface area contributed by atoms with Gasteiger partial charge < -0.3 is 15.4 Å². The number of carbonyl (C=O) groups excluding carboxylic acids is 2. The summed E-state index contributed by atoms with van der Waals surface area (Å²) < 4.78 is 28.6. The summed E-state index contributed by atoms with van der Waals surface area (Å²) in [5.41, 5.74) is 1.28. The topological polar surface area (TPSA) is 67.4 Å². The average Bonchev–Trinajstić information content (AvgIpc) is 2.46. The van der Waals surface area contributed by atoms with E-state index in [4.69, 9.17) is 0 Å². The summed E-state index contributed by atoms with van der Waals surface area (Å²) >= 11 is 0. The van der Waals surface area contributed by atoms with Gasteiger partial charge in [-0.3, -0.25) is 4.79 Å². The van der Waals surface area contributed by atoms with Gasteiger partial charge in [0.1, 0.15) is 11.5 Å². The van der Waals surface area contributed by atoms with Crippen molar-refractivity contribution >= 4 is 11.8 Å². The summed E-state index contributed by atoms with van der Waals surface area (Å²) in [5.74, 6) is -0.388. The van der Waals surface area contributed by atoms with Crippen molar-refractivity contribution in [2.75, 3.05) is 0 Å². The molecule has 1 aromatic carbocycles. The molecule has 2 N–H and O–H groups in total. The van der Waals surface area contributed by atoms with E-state index in [0.717, 1.165) is 0 Å². The van der Waals surface area contributed by atoms with Gasteiger partial charge in [-0.25, -0.2) is 4.79 Å². The number of nitrogens with one attached hydrogen (secondary N) is 2. The van der Waals surface area contributed by atoms with Gasteiger partial charge in [-0.2, -0.15) is 8.78 Å². The maximum Gasteiger partial charge on any atom is 0.387 e. The Hall–Kier alpha value is -2.44. The zero-order valence-electron chi connectivity index (χ0n) is 11.5. The second kappa shape index (κ2) is 5.75. The summed E-state index contributed by atoms with van der Waals surface area (Å²) in [6.07, 6.45) is 2.89. The van der Waals surface area contributed by atoms with Crippen molar-refractivity contribution in [3.8, 4) is 5.75 Å². The van der Waals surface area contributed by atoms with Gasteiger partial charge in [-0.05, 0) is 24.1 Å². The molecule has 3 rings (SSSR count). The van der Waals surface area contributed by atoms with Crippen LogP contribution in [0.5, 0.6) is 5.75 Å². The van der Waals surface area contributed by atoms with E-state index in [2.05, 4.69) is 15.4 Å². The first-order chi connectivity index (χ1) is 10.5. The molecule has 116 valence electrons. The molecule has 2 amide bonds. The monoisotopic (exact) mass is 308 g/mol. The molecular weight excluding hydrogens is 294 g/mol. The van der Waals surface area contributed by atoms with Crippen LogP contribution in [0, 0.1) is 5.92 Å². The molecule has 22 heavy (non-hydrogen) atoms. The molecule has 0 radical (unpaired) electrons. The third-order valence-electron chi connectivity index (χ3n) is 3.78. The number of urea groups is 1. The lowest BCUT2D eigenvalue weighted by Gasteiger charge is -2.36. The Kier molecular flexibility index (Phi) is 3.79. The molecule has 2 aliphatic rings. The van der Waals surface area contributed by atoms with E-state index in [9.17, 15) is 18.4 Å². The van der Waals surface area contributed by atoms with E-state index in [1.54, 1.807) is 12.1 Å². The van der Waals surface area contributed by atoms with E-state index >= 15 is 0 Å². The largest absolute Gasteiger partial charge is 0.435 e. The zero-order chi connectivity index (χ0) is 15.7. The van der Waals surface area contributed by atoms with Crippen molar-refractivity contribution in [3.05, 3.63) is 41.6 Å². The molecule has 0 saturated carbocycles. The fourth-order valence-electron chi connectivity index (χ4n) is 2.84. The van der Waals surface area contributed by atoms with Gasteiger partial charge in [-0.1, -0.05) is 18.2 Å². The smallest absolute Gasteiger partial charge is 0.387 e. The number of benzene rings is 1. The molecule has 1 saturated heterocycles. The Morgan fingerprint density at radius 1 is 1.18 bits per heavy atom. The van der Waals surface area contributed by atoms with Gasteiger partial charge in [0.25, 0.3) is 0 Å². The van der Waals surface area contributed by atoms with Crippen molar-refractivity contribution in [1.29, 1.82) is 0 Å². The highest BCUT2D eigenvalue weighted by molar-refractivity contribution is 5.90. The van der Waals surface area contributed by atoms with Crippen LogP contribution < -0.4 is 15.4 Å². The van der Waals surface area contributed by atoms with Crippen LogP contribution in [0.1, 0.15) is 24.4 Å². The lowest BCUT2D eigenvalue weighted by Crippen LogP contribution is -2.51. The Morgan fingerprint density at radius 2 is 1.91 bits per heavy atom. The lowest BCUT2D eigenvalue weighted by molar-refractivity contribution is -0.123. The lowest BCUT2D eigenvalue weighted by atomic mass is 9.80. The van der Waals surface area contributed by atoms with E-state index < -0.39 is 18.6 Å². The minimum atomic E-state index is -2.89. The maximum atomic E-state index is 12.2. The van der Waals surface area contributed by atoms with Crippen molar-refractivity contribution < 1.29 is 23.1 Å². The summed E-state index contributed by atoms with van der Waals surface area (Å²) in [6, 6.07) is 5.06. The number of allylic oxidation sites excluding steroid dienone is 1. The van der Waals surface area contributed by atoms with Crippen LogP contribution in [0.25, 0.3) is 0 Å². The highest BCUT2D eigenvalue weighted by Crippen LogP contribution is 2.35. The van der Waals surface area contributed by atoms with E-state index in [0.29, 0.717) is 24.1 Å². The SMILES string of the molecule is O=C1NC2=CCCC(=O)[C@@H]2[C@@H](c2ccc(OC(F)F)cc2)N1. The number of hydrogen-bond donors (Lipinski definition) is 2. The normalized spacial score (nSPS) is 24.2. The highest BCUT2D eigenvalue weighted by Gasteiger charge is 2.39. The summed E-state index contributed by atoms with van der Waals surface area (Å²) in [7, 11) is 0. The second-order valence-corrected chi connectivity index (χ2v) is 5.17. The van der Waals surface area contributed by atoms with Gasteiger partial charge in [0.2, 0.25) is 0 Å². The molecule has 1 fully saturated rings. The average molecular weight is 308 g/mol. The summed E-state index contributed by atoms with van der Waals surface area (Å²) in [6.45, 7) is -2.89. The molecule has 7 heteroatoms. The molecule has 0 spiro atoms. The van der Waals surface area contributed by atoms with Crippen LogP contribution in [0.15, 0.2) is 36.0 Å². The molecule has 5 nitrogen and oxygen atoms in total. The Balaban J connectivity index is 1.88. The minimum Gasteiger partial charge on any atom is -0.435 e. The molecule has 0 aromatic heterocycles. The van der Waals surface area contributed by atoms with Gasteiger partial charge in [0.15, 0.2) is 0 Å². The number of halogens is 2. The fourth-order valence-corrected chi connectivity index (χ4v) is 2.84. The van der Waals surface area contributed by atoms with Crippen LogP contribution in [0.3, 0.4) is 0 Å². The van der Waals surface area contributed by atoms with Crippen LogP contribution in [0.2, 0.25) is 0 Å². The molecule has 1 aromatic rings. The number of carbonyl (C=O) groups is 2. The van der Waals surface area contributed by atoms with Gasteiger partial charge >= 0.3 is 12.6 Å². The Labute approximate surface area is 125 Å². The second-order valence-electron chi connectivity index (χ2n) is 5.17. The van der Waals surface area contributed by atoms with Gasteiger partial charge in [0.05, 0.1) is 12.0 Å². The number of hydrogen-bond acceptors (Lipinski definition) is 3. The van der Waals surface area contributed by atoms with Crippen LogP contribution in [0.4, 0.5) is 13.6 Å². The van der Waals surface area contributed by atoms with Crippen molar-refractivity contribution in [2.45, 2.75) is 25.5 Å². The minimum absolute atomic E-state index is 0.0322. The number of ether oxygens (including phenoxy) is 1. The van der Waals surface area contributed by atoms with Crippen LogP contribution >= 0.6 is 0 Å². The first kappa shape index (κ1) is 14.5. The van der Waals surface area contributed by atoms with Gasteiger partial charge in [-0.15, -0.1) is 0 Å². The number of alkyl halides is 2. The fraction of sp³-hybridized carbons (Fsp3) is 0.333. The maximum absolute atomic E-state index is 12.2. The molecule has 0 bridgehead atoms. The van der Waals surface area contributed by atoms with Gasteiger partial charge in [0, 0.05) is 12.1 Å². The highest BCUT2D eigenvalue weighted by atomic mass is 19.3. The van der Waals surface area contributed by atoms with E-state index in [1.807, 2.05) is 6.08 Å². The van der Waals surface area contributed by atoms with E-state index in [-0.39, 0.29) is 17.6 Å². The molecule has 0 unspecified atom stereocenters. The number of Topliss-reactive ketones (excluding diaryl/α,β-unsaturated/α-hetero) is 1. The molecule has 2 atom stereocenters. The van der Waals surface area contributed by atoms with Crippen LogP contribution in [-0.4, -0.2) is 18.4 Å². The predicted molar refractivity (Wildman–Crippen MR) is 73.3 cm³/mol. The first-order valence-electron chi connectivity index (χ1n) is 6.89. The molecule has 1 aliphatic heterocycles. The Morgan fingerprint density at radius 3 is 2.59 bits per heavy atom. The number of ketones is 1. The first-order valence-corrected chi connectivity index (χ1v) is 6.89. The summed E-state index contributed by atoms with van der Waals surface area (Å²) in [4.78, 5) is 23.9. The molecular formula is C15H14F2N2O3. The molecule has 1 heterocycles. The van der Waals surface area contributed by atoms with Crippen LogP contribution in [-0.2, 0) is 4.79 Å². The third kappa shape index (κ3) is 2.79. The third-order valence-corrected chi connectivity index (χ3v) is 3.78. The predicted octanol–water partition coefficient (Wildman–Crippen LogP) is 2.50. The standard InChI is InChI=1S/C15H14F2N2O3/c16-14(17)22-9-6-4-8(5-7-9)13-12-10(18-15(21)19-13)2-1-3-11(12)20/h2,4-7,12-14H,1,3H2,(H2,18,19,21)/t12-,13-/m1/s1. The summed E-state index contributed by atoms with van der Waals surface area (Å²) in [5, 5.41) is 5.37.